The molecular formula is C10H10ClFO. The van der Waals surface area contributed by atoms with E-state index in [1.807, 2.05) is 0 Å². The third-order valence-electron chi connectivity index (χ3n) is 2.25. The summed E-state index contributed by atoms with van der Waals surface area (Å²) < 4.78 is 18.5. The highest BCUT2D eigenvalue weighted by Gasteiger charge is 2.24. The third kappa shape index (κ3) is 1.84. The van der Waals surface area contributed by atoms with E-state index in [0.29, 0.717) is 22.6 Å². The lowest BCUT2D eigenvalue weighted by Crippen LogP contribution is -1.98. The minimum Gasteiger partial charge on any atom is -0.373 e. The van der Waals surface area contributed by atoms with Crippen molar-refractivity contribution in [3.63, 3.8) is 0 Å². The van der Waals surface area contributed by atoms with Gasteiger partial charge in [-0.05, 0) is 18.6 Å². The number of hydrogen-bond donors (Lipinski definition) is 0. The summed E-state index contributed by atoms with van der Waals surface area (Å²) >= 11 is 5.77. The summed E-state index contributed by atoms with van der Waals surface area (Å²) in [4.78, 5) is 0. The van der Waals surface area contributed by atoms with Crippen molar-refractivity contribution in [2.24, 2.45) is 0 Å². The molecule has 2 rings (SSSR count). The normalized spacial score (nSPS) is 20.4. The van der Waals surface area contributed by atoms with Crippen LogP contribution in [0.1, 0.15) is 11.1 Å². The Bertz CT molecular complexity index is 334. The van der Waals surface area contributed by atoms with Crippen molar-refractivity contribution in [3.05, 3.63) is 34.1 Å². The molecule has 0 amide bonds. The van der Waals surface area contributed by atoms with Crippen LogP contribution in [0.25, 0.3) is 0 Å². The van der Waals surface area contributed by atoms with Gasteiger partial charge in [0.15, 0.2) is 0 Å². The molecule has 0 radical (unpaired) electrons. The molecule has 3 heteroatoms. The first-order valence-corrected chi connectivity index (χ1v) is 4.61. The van der Waals surface area contributed by atoms with E-state index in [1.165, 1.54) is 0 Å². The van der Waals surface area contributed by atoms with Gasteiger partial charge in [-0.2, -0.15) is 0 Å². The van der Waals surface area contributed by atoms with Gasteiger partial charge in [0.2, 0.25) is 0 Å². The second-order valence-electron chi connectivity index (χ2n) is 3.30. The minimum absolute atomic E-state index is 0.192. The zero-order chi connectivity index (χ0) is 9.42. The average molecular weight is 201 g/mol. The van der Waals surface area contributed by atoms with Crippen LogP contribution in [0.5, 0.6) is 0 Å². The number of halogens is 2. The molecule has 1 fully saturated rings. The predicted molar refractivity (Wildman–Crippen MR) is 49.6 cm³/mol. The van der Waals surface area contributed by atoms with Gasteiger partial charge in [-0.3, -0.25) is 0 Å². The number of epoxide rings is 1. The number of rotatable bonds is 2. The largest absolute Gasteiger partial charge is 0.373 e. The Morgan fingerprint density at radius 1 is 1.62 bits per heavy atom. The molecule has 1 aromatic rings. The summed E-state index contributed by atoms with van der Waals surface area (Å²) in [6.45, 7) is 2.44. The summed E-state index contributed by atoms with van der Waals surface area (Å²) in [6, 6.07) is 3.46. The summed E-state index contributed by atoms with van der Waals surface area (Å²) in [5.74, 6) is -0.192. The minimum atomic E-state index is -0.192. The van der Waals surface area contributed by atoms with Crippen LogP contribution in [0.15, 0.2) is 12.1 Å². The van der Waals surface area contributed by atoms with Crippen molar-refractivity contribution in [1.29, 1.82) is 0 Å². The predicted octanol–water partition coefficient (Wildman–Crippen LogP) is 2.73. The van der Waals surface area contributed by atoms with Crippen LogP contribution in [0.3, 0.4) is 0 Å². The molecule has 1 aliphatic rings. The van der Waals surface area contributed by atoms with E-state index in [-0.39, 0.29) is 11.9 Å². The third-order valence-corrected chi connectivity index (χ3v) is 2.66. The fourth-order valence-corrected chi connectivity index (χ4v) is 1.45. The van der Waals surface area contributed by atoms with E-state index >= 15 is 0 Å². The lowest BCUT2D eigenvalue weighted by Gasteiger charge is -2.05. The molecule has 0 aromatic heterocycles. The molecule has 0 aliphatic carbocycles. The van der Waals surface area contributed by atoms with Crippen molar-refractivity contribution >= 4 is 11.6 Å². The van der Waals surface area contributed by atoms with Gasteiger partial charge in [-0.25, -0.2) is 4.39 Å². The van der Waals surface area contributed by atoms with E-state index < -0.39 is 0 Å². The first-order valence-electron chi connectivity index (χ1n) is 4.23. The van der Waals surface area contributed by atoms with E-state index in [9.17, 15) is 4.39 Å². The molecule has 0 spiro atoms. The first-order chi connectivity index (χ1) is 6.18. The molecule has 1 saturated heterocycles. The highest BCUT2D eigenvalue weighted by Crippen LogP contribution is 2.24. The highest BCUT2D eigenvalue weighted by molar-refractivity contribution is 6.31. The van der Waals surface area contributed by atoms with Crippen LogP contribution in [0.4, 0.5) is 4.39 Å². The van der Waals surface area contributed by atoms with Gasteiger partial charge in [-0.15, -0.1) is 0 Å². The molecule has 0 saturated carbocycles. The van der Waals surface area contributed by atoms with Crippen molar-refractivity contribution in [2.75, 3.05) is 6.61 Å². The summed E-state index contributed by atoms with van der Waals surface area (Å²) in [5.41, 5.74) is 1.23. The van der Waals surface area contributed by atoms with Gasteiger partial charge in [-0.1, -0.05) is 17.7 Å². The number of ether oxygens (including phenoxy) is 1. The molecule has 1 heterocycles. The lowest BCUT2D eigenvalue weighted by atomic mass is 10.1. The molecule has 1 aromatic carbocycles. The van der Waals surface area contributed by atoms with Crippen molar-refractivity contribution in [1.82, 2.24) is 0 Å². The topological polar surface area (TPSA) is 12.5 Å². The maximum absolute atomic E-state index is 13.5. The SMILES string of the molecule is Cc1c(Cl)ccc(CC2CO2)c1F. The fraction of sp³-hybridized carbons (Fsp3) is 0.400. The molecule has 70 valence electrons. The molecule has 1 unspecified atom stereocenters. The second kappa shape index (κ2) is 3.28. The Hall–Kier alpha value is -0.600. The van der Waals surface area contributed by atoms with Gasteiger partial charge >= 0.3 is 0 Å². The van der Waals surface area contributed by atoms with Crippen LogP contribution in [0, 0.1) is 12.7 Å². The van der Waals surface area contributed by atoms with Crippen LogP contribution < -0.4 is 0 Å². The summed E-state index contributed by atoms with van der Waals surface area (Å²) in [5, 5.41) is 0.484. The van der Waals surface area contributed by atoms with Gasteiger partial charge in [0.05, 0.1) is 12.7 Å². The fourth-order valence-electron chi connectivity index (χ4n) is 1.31. The molecular weight excluding hydrogens is 191 g/mol. The van der Waals surface area contributed by atoms with Gasteiger partial charge < -0.3 is 4.74 Å². The summed E-state index contributed by atoms with van der Waals surface area (Å²) in [7, 11) is 0. The average Bonchev–Trinajstić information content (AvgIpc) is 2.90. The molecule has 1 aliphatic heterocycles. The zero-order valence-electron chi connectivity index (χ0n) is 7.31. The standard InChI is InChI=1S/C10H10ClFO/c1-6-9(11)3-2-7(10(6)12)4-8-5-13-8/h2-3,8H,4-5H2,1H3. The van der Waals surface area contributed by atoms with Crippen LogP contribution >= 0.6 is 11.6 Å². The second-order valence-corrected chi connectivity index (χ2v) is 3.71. The van der Waals surface area contributed by atoms with Gasteiger partial charge in [0, 0.05) is 17.0 Å². The molecule has 1 nitrogen and oxygen atoms in total. The van der Waals surface area contributed by atoms with E-state index in [0.717, 1.165) is 6.61 Å². The maximum Gasteiger partial charge on any atom is 0.130 e. The van der Waals surface area contributed by atoms with E-state index in [1.54, 1.807) is 19.1 Å². The highest BCUT2D eigenvalue weighted by atomic mass is 35.5. The zero-order valence-corrected chi connectivity index (χ0v) is 8.07. The van der Waals surface area contributed by atoms with E-state index in [2.05, 4.69) is 0 Å². The van der Waals surface area contributed by atoms with Crippen molar-refractivity contribution in [3.8, 4) is 0 Å². The van der Waals surface area contributed by atoms with E-state index in [4.69, 9.17) is 16.3 Å². The summed E-state index contributed by atoms with van der Waals surface area (Å²) in [6.07, 6.45) is 0.874. The van der Waals surface area contributed by atoms with Crippen LogP contribution in [0.2, 0.25) is 5.02 Å². The lowest BCUT2D eigenvalue weighted by molar-refractivity contribution is 0.404. The number of benzene rings is 1. The Labute approximate surface area is 81.5 Å². The Morgan fingerprint density at radius 3 is 2.92 bits per heavy atom. The monoisotopic (exact) mass is 200 g/mol. The quantitative estimate of drug-likeness (QED) is 0.669. The smallest absolute Gasteiger partial charge is 0.130 e. The molecule has 13 heavy (non-hydrogen) atoms. The molecule has 0 N–H and O–H groups in total. The van der Waals surface area contributed by atoms with Crippen molar-refractivity contribution < 1.29 is 9.13 Å². The maximum atomic E-state index is 13.5. The Morgan fingerprint density at radius 2 is 2.31 bits per heavy atom. The van der Waals surface area contributed by atoms with Crippen molar-refractivity contribution in [2.45, 2.75) is 19.4 Å². The Kier molecular flexibility index (Phi) is 2.26. The van der Waals surface area contributed by atoms with Gasteiger partial charge in [0.1, 0.15) is 5.82 Å². The first kappa shape index (κ1) is 8.97. The Balaban J connectivity index is 2.29. The molecule has 1 atom stereocenters. The van der Waals surface area contributed by atoms with Crippen LogP contribution in [-0.4, -0.2) is 12.7 Å². The number of hydrogen-bond acceptors (Lipinski definition) is 1. The van der Waals surface area contributed by atoms with Crippen LogP contribution in [-0.2, 0) is 11.2 Å². The molecule has 0 bridgehead atoms. The van der Waals surface area contributed by atoms with Gasteiger partial charge in [0.25, 0.3) is 0 Å².